The molecule has 0 radical (unpaired) electrons. The number of carbonyl (C=O) groups is 1. The molecule has 0 saturated heterocycles. The van der Waals surface area contributed by atoms with Crippen LogP contribution in [0.4, 0.5) is 10.1 Å². The zero-order chi connectivity index (χ0) is 19.3. The third-order valence-electron chi connectivity index (χ3n) is 4.49. The maximum Gasteiger partial charge on any atom is 0.340 e. The fourth-order valence-corrected chi connectivity index (χ4v) is 3.77. The number of benzene rings is 2. The molecule has 0 amide bonds. The summed E-state index contributed by atoms with van der Waals surface area (Å²) in [6.45, 7) is 0. The van der Waals surface area contributed by atoms with Crippen molar-refractivity contribution in [1.29, 1.82) is 0 Å². The van der Waals surface area contributed by atoms with Gasteiger partial charge in [-0.05, 0) is 54.7 Å². The standard InChI is InChI=1S/C19H16FNO5S/c1-27(24,25)21-15-9-16-14(8-13(15)10-2-3-10)17(19(22)23)18(26-16)11-4-6-12(20)7-5-11/h4-10,21H,2-3H2,1H3,(H,22,23). The number of aromatic carboxylic acids is 1. The van der Waals surface area contributed by atoms with Gasteiger partial charge in [0.1, 0.15) is 22.7 Å². The molecule has 0 bridgehead atoms. The number of halogens is 1. The van der Waals surface area contributed by atoms with Gasteiger partial charge in [0, 0.05) is 17.0 Å². The highest BCUT2D eigenvalue weighted by Crippen LogP contribution is 2.46. The Kier molecular flexibility index (Phi) is 3.96. The predicted octanol–water partition coefficient (Wildman–Crippen LogP) is 4.19. The summed E-state index contributed by atoms with van der Waals surface area (Å²) in [6.07, 6.45) is 2.88. The van der Waals surface area contributed by atoms with Gasteiger partial charge in [0.25, 0.3) is 0 Å². The average Bonchev–Trinajstić information content (AvgIpc) is 3.34. The van der Waals surface area contributed by atoms with Crippen LogP contribution < -0.4 is 4.72 Å². The van der Waals surface area contributed by atoms with Crippen molar-refractivity contribution in [1.82, 2.24) is 0 Å². The van der Waals surface area contributed by atoms with E-state index in [4.69, 9.17) is 4.42 Å². The molecule has 0 spiro atoms. The lowest BCUT2D eigenvalue weighted by atomic mass is 10.0. The highest BCUT2D eigenvalue weighted by atomic mass is 32.2. The zero-order valence-corrected chi connectivity index (χ0v) is 15.1. The van der Waals surface area contributed by atoms with E-state index in [2.05, 4.69) is 4.72 Å². The molecule has 27 heavy (non-hydrogen) atoms. The van der Waals surface area contributed by atoms with Crippen molar-refractivity contribution in [3.63, 3.8) is 0 Å². The van der Waals surface area contributed by atoms with Gasteiger partial charge in [0.05, 0.1) is 11.9 Å². The van der Waals surface area contributed by atoms with Crippen LogP contribution in [0.15, 0.2) is 40.8 Å². The van der Waals surface area contributed by atoms with Gasteiger partial charge in [-0.2, -0.15) is 0 Å². The number of hydrogen-bond acceptors (Lipinski definition) is 4. The number of carboxylic acid groups (broad SMARTS) is 1. The van der Waals surface area contributed by atoms with E-state index in [0.717, 1.165) is 24.7 Å². The van der Waals surface area contributed by atoms with Gasteiger partial charge < -0.3 is 9.52 Å². The predicted molar refractivity (Wildman–Crippen MR) is 99.0 cm³/mol. The highest BCUT2D eigenvalue weighted by Gasteiger charge is 2.30. The normalized spacial score (nSPS) is 14.4. The van der Waals surface area contributed by atoms with E-state index < -0.39 is 21.8 Å². The maximum atomic E-state index is 13.2. The van der Waals surface area contributed by atoms with E-state index in [1.165, 1.54) is 30.3 Å². The second kappa shape index (κ2) is 6.09. The fraction of sp³-hybridized carbons (Fsp3) is 0.211. The Hall–Kier alpha value is -2.87. The summed E-state index contributed by atoms with van der Waals surface area (Å²) in [6, 6.07) is 8.53. The topological polar surface area (TPSA) is 96.6 Å². The Balaban J connectivity index is 1.97. The summed E-state index contributed by atoms with van der Waals surface area (Å²) in [7, 11) is -3.50. The number of sulfonamides is 1. The van der Waals surface area contributed by atoms with Crippen molar-refractivity contribution in [2.24, 2.45) is 0 Å². The Bertz CT molecular complexity index is 1160. The molecule has 0 atom stereocenters. The van der Waals surface area contributed by atoms with Crippen molar-refractivity contribution >= 4 is 32.6 Å². The number of hydrogen-bond donors (Lipinski definition) is 2. The van der Waals surface area contributed by atoms with Gasteiger partial charge in [0.2, 0.25) is 10.0 Å². The van der Waals surface area contributed by atoms with E-state index in [9.17, 15) is 22.7 Å². The molecule has 1 aliphatic rings. The van der Waals surface area contributed by atoms with Gasteiger partial charge >= 0.3 is 5.97 Å². The van der Waals surface area contributed by atoms with Crippen LogP contribution in [0.5, 0.6) is 0 Å². The second-order valence-corrected chi connectivity index (χ2v) is 8.45. The second-order valence-electron chi connectivity index (χ2n) is 6.70. The third-order valence-corrected chi connectivity index (χ3v) is 5.08. The molecule has 4 rings (SSSR count). The van der Waals surface area contributed by atoms with Gasteiger partial charge in [-0.1, -0.05) is 0 Å². The van der Waals surface area contributed by atoms with Crippen LogP contribution in [0.1, 0.15) is 34.7 Å². The maximum absolute atomic E-state index is 13.2. The summed E-state index contributed by atoms with van der Waals surface area (Å²) in [5.74, 6) is -1.32. The summed E-state index contributed by atoms with van der Waals surface area (Å²) in [5.41, 5.74) is 1.80. The minimum absolute atomic E-state index is 0.0237. The number of anilines is 1. The van der Waals surface area contributed by atoms with E-state index >= 15 is 0 Å². The number of fused-ring (bicyclic) bond motifs is 1. The van der Waals surface area contributed by atoms with Crippen LogP contribution in [-0.2, 0) is 10.0 Å². The van der Waals surface area contributed by atoms with E-state index in [1.54, 1.807) is 6.07 Å². The molecule has 140 valence electrons. The van der Waals surface area contributed by atoms with Gasteiger partial charge in [-0.3, -0.25) is 4.72 Å². The van der Waals surface area contributed by atoms with Crippen LogP contribution in [-0.4, -0.2) is 25.7 Å². The van der Waals surface area contributed by atoms with Crippen molar-refractivity contribution < 1.29 is 27.1 Å². The lowest BCUT2D eigenvalue weighted by Gasteiger charge is -2.10. The van der Waals surface area contributed by atoms with Crippen LogP contribution in [0.3, 0.4) is 0 Å². The third kappa shape index (κ3) is 3.40. The van der Waals surface area contributed by atoms with Crippen LogP contribution >= 0.6 is 0 Å². The molecule has 2 aromatic carbocycles. The molecule has 3 aromatic rings. The fourth-order valence-electron chi connectivity index (χ4n) is 3.20. The Labute approximate surface area is 154 Å². The van der Waals surface area contributed by atoms with E-state index in [-0.39, 0.29) is 22.8 Å². The quantitative estimate of drug-likeness (QED) is 0.682. The molecule has 8 heteroatoms. The first-order chi connectivity index (χ1) is 12.7. The molecule has 1 heterocycles. The smallest absolute Gasteiger partial charge is 0.340 e. The largest absolute Gasteiger partial charge is 0.478 e. The van der Waals surface area contributed by atoms with Crippen LogP contribution in [0, 0.1) is 5.82 Å². The van der Waals surface area contributed by atoms with Crippen molar-refractivity contribution in [2.75, 3.05) is 11.0 Å². The molecular formula is C19H16FNO5S. The lowest BCUT2D eigenvalue weighted by Crippen LogP contribution is -2.11. The van der Waals surface area contributed by atoms with E-state index in [1.807, 2.05) is 0 Å². The Morgan fingerprint density at radius 2 is 1.89 bits per heavy atom. The lowest BCUT2D eigenvalue weighted by molar-refractivity contribution is 0.0699. The zero-order valence-electron chi connectivity index (χ0n) is 14.3. The van der Waals surface area contributed by atoms with Crippen molar-refractivity contribution in [3.05, 3.63) is 53.3 Å². The molecule has 1 fully saturated rings. The highest BCUT2D eigenvalue weighted by molar-refractivity contribution is 7.92. The summed E-state index contributed by atoms with van der Waals surface area (Å²) >= 11 is 0. The minimum atomic E-state index is -3.50. The Morgan fingerprint density at radius 3 is 2.44 bits per heavy atom. The number of nitrogens with one attached hydrogen (secondary N) is 1. The van der Waals surface area contributed by atoms with E-state index in [0.29, 0.717) is 16.6 Å². The number of furan rings is 1. The summed E-state index contributed by atoms with van der Waals surface area (Å²) in [4.78, 5) is 11.9. The molecule has 1 aliphatic carbocycles. The van der Waals surface area contributed by atoms with Gasteiger partial charge in [-0.25, -0.2) is 17.6 Å². The molecule has 2 N–H and O–H groups in total. The molecular weight excluding hydrogens is 373 g/mol. The summed E-state index contributed by atoms with van der Waals surface area (Å²) < 4.78 is 44.8. The number of carboxylic acids is 1. The molecule has 0 aliphatic heterocycles. The first-order valence-corrected chi connectivity index (χ1v) is 10.2. The number of rotatable bonds is 5. The van der Waals surface area contributed by atoms with Gasteiger partial charge in [0.15, 0.2) is 0 Å². The van der Waals surface area contributed by atoms with Gasteiger partial charge in [-0.15, -0.1) is 0 Å². The first kappa shape index (κ1) is 17.5. The molecule has 1 aromatic heterocycles. The SMILES string of the molecule is CS(=O)(=O)Nc1cc2oc(-c3ccc(F)cc3)c(C(=O)O)c2cc1C1CC1. The van der Waals surface area contributed by atoms with Crippen LogP contribution in [0.2, 0.25) is 0 Å². The molecule has 1 saturated carbocycles. The molecule has 6 nitrogen and oxygen atoms in total. The minimum Gasteiger partial charge on any atom is -0.478 e. The molecule has 0 unspecified atom stereocenters. The van der Waals surface area contributed by atoms with Crippen LogP contribution in [0.25, 0.3) is 22.3 Å². The van der Waals surface area contributed by atoms with Crippen molar-refractivity contribution in [2.45, 2.75) is 18.8 Å². The summed E-state index contributed by atoms with van der Waals surface area (Å²) in [5, 5.41) is 10.1. The Morgan fingerprint density at radius 1 is 1.22 bits per heavy atom. The monoisotopic (exact) mass is 389 g/mol. The first-order valence-electron chi connectivity index (χ1n) is 8.30. The average molecular weight is 389 g/mol. The van der Waals surface area contributed by atoms with Crippen molar-refractivity contribution in [3.8, 4) is 11.3 Å².